The Hall–Kier alpha value is -0.970. The summed E-state index contributed by atoms with van der Waals surface area (Å²) in [7, 11) is 1.90. The van der Waals surface area contributed by atoms with Crippen LogP contribution in [0.1, 0.15) is 38.4 Å². The molecule has 0 aliphatic heterocycles. The molecule has 0 aromatic carbocycles. The van der Waals surface area contributed by atoms with Gasteiger partial charge in [0.25, 0.3) is 0 Å². The first-order valence-corrected chi connectivity index (χ1v) is 8.40. The van der Waals surface area contributed by atoms with Gasteiger partial charge in [0.05, 0.1) is 0 Å². The minimum atomic E-state index is 0.535. The van der Waals surface area contributed by atoms with Crippen LogP contribution in [0.2, 0.25) is 0 Å². The van der Waals surface area contributed by atoms with Crippen molar-refractivity contribution in [3.05, 3.63) is 11.9 Å². The van der Waals surface area contributed by atoms with Crippen molar-refractivity contribution < 1.29 is 0 Å². The summed E-state index contributed by atoms with van der Waals surface area (Å²) in [5.74, 6) is 2.75. The minimum Gasteiger partial charge on any atom is -0.373 e. The highest BCUT2D eigenvalue weighted by atomic mass is 32.2. The van der Waals surface area contributed by atoms with E-state index in [1.54, 1.807) is 0 Å². The number of rotatable bonds is 5. The molecule has 1 aromatic rings. The first-order chi connectivity index (χ1) is 9.26. The molecular formula is C14H24N4S. The normalized spacial score (nSPS) is 23.1. The van der Waals surface area contributed by atoms with Crippen molar-refractivity contribution >= 4 is 23.4 Å². The maximum atomic E-state index is 4.59. The second-order valence-electron chi connectivity index (χ2n) is 4.97. The summed E-state index contributed by atoms with van der Waals surface area (Å²) >= 11 is 1.97. The van der Waals surface area contributed by atoms with E-state index in [4.69, 9.17) is 0 Å². The smallest absolute Gasteiger partial charge is 0.132 e. The van der Waals surface area contributed by atoms with Crippen LogP contribution in [-0.2, 0) is 6.42 Å². The number of thioether (sulfide) groups is 1. The lowest BCUT2D eigenvalue weighted by molar-refractivity contribution is 0.474. The van der Waals surface area contributed by atoms with Crippen LogP contribution in [-0.4, -0.2) is 34.6 Å². The van der Waals surface area contributed by atoms with Crippen molar-refractivity contribution in [1.82, 2.24) is 9.97 Å². The van der Waals surface area contributed by atoms with E-state index in [0.29, 0.717) is 11.3 Å². The van der Waals surface area contributed by atoms with Crippen LogP contribution < -0.4 is 10.6 Å². The molecule has 0 radical (unpaired) electrons. The van der Waals surface area contributed by atoms with E-state index < -0.39 is 0 Å². The summed E-state index contributed by atoms with van der Waals surface area (Å²) in [5, 5.41) is 7.43. The number of hydrogen-bond donors (Lipinski definition) is 2. The van der Waals surface area contributed by atoms with Crippen molar-refractivity contribution in [2.75, 3.05) is 23.9 Å². The molecule has 106 valence electrons. The molecule has 1 aromatic heterocycles. The molecule has 0 saturated heterocycles. The standard InChI is InChI=1S/C14H24N4S/c1-4-12-17-13(15-2)9-14(18-12)16-10-7-5-6-8-11(10)19-3/h9-11H,4-8H2,1-3H3,(H2,15,16,17,18). The Morgan fingerprint density at radius 2 is 2.00 bits per heavy atom. The van der Waals surface area contributed by atoms with Gasteiger partial charge in [-0.2, -0.15) is 11.8 Å². The van der Waals surface area contributed by atoms with Crippen LogP contribution in [0.25, 0.3) is 0 Å². The highest BCUT2D eigenvalue weighted by Crippen LogP contribution is 2.29. The van der Waals surface area contributed by atoms with E-state index in [2.05, 4.69) is 33.8 Å². The second kappa shape index (κ2) is 6.98. The lowest BCUT2D eigenvalue weighted by atomic mass is 9.95. The quantitative estimate of drug-likeness (QED) is 0.867. The molecule has 0 amide bonds. The predicted molar refractivity (Wildman–Crippen MR) is 84.1 cm³/mol. The number of nitrogens with one attached hydrogen (secondary N) is 2. The van der Waals surface area contributed by atoms with Crippen LogP contribution in [0, 0.1) is 0 Å². The van der Waals surface area contributed by atoms with Gasteiger partial charge in [-0.05, 0) is 19.1 Å². The zero-order valence-electron chi connectivity index (χ0n) is 12.1. The first kappa shape index (κ1) is 14.4. The molecule has 5 heteroatoms. The Kier molecular flexibility index (Phi) is 5.31. The summed E-state index contributed by atoms with van der Waals surface area (Å²) in [4.78, 5) is 9.03. The summed E-state index contributed by atoms with van der Waals surface area (Å²) in [6, 6.07) is 2.54. The molecule has 1 aliphatic rings. The molecule has 0 bridgehead atoms. The molecule has 2 unspecified atom stereocenters. The fraction of sp³-hybridized carbons (Fsp3) is 0.714. The molecule has 1 saturated carbocycles. The summed E-state index contributed by atoms with van der Waals surface area (Å²) < 4.78 is 0. The highest BCUT2D eigenvalue weighted by Gasteiger charge is 2.24. The fourth-order valence-electron chi connectivity index (χ4n) is 2.59. The van der Waals surface area contributed by atoms with Gasteiger partial charge in [0.15, 0.2) is 0 Å². The SMILES string of the molecule is CCc1nc(NC)cc(NC2CCCCC2SC)n1. The maximum absolute atomic E-state index is 4.59. The van der Waals surface area contributed by atoms with E-state index in [1.807, 2.05) is 24.9 Å². The first-order valence-electron chi connectivity index (χ1n) is 7.11. The van der Waals surface area contributed by atoms with E-state index in [9.17, 15) is 0 Å². The highest BCUT2D eigenvalue weighted by molar-refractivity contribution is 7.99. The van der Waals surface area contributed by atoms with Crippen molar-refractivity contribution in [3.63, 3.8) is 0 Å². The lowest BCUT2D eigenvalue weighted by Gasteiger charge is -2.31. The molecule has 0 spiro atoms. The van der Waals surface area contributed by atoms with Gasteiger partial charge in [-0.1, -0.05) is 19.8 Å². The van der Waals surface area contributed by atoms with Crippen molar-refractivity contribution in [3.8, 4) is 0 Å². The van der Waals surface area contributed by atoms with Crippen LogP contribution in [0.15, 0.2) is 6.07 Å². The summed E-state index contributed by atoms with van der Waals surface area (Å²) in [6.07, 6.45) is 8.30. The van der Waals surface area contributed by atoms with Gasteiger partial charge in [-0.15, -0.1) is 0 Å². The molecule has 2 atom stereocenters. The van der Waals surface area contributed by atoms with E-state index in [0.717, 1.165) is 23.9 Å². The number of anilines is 2. The van der Waals surface area contributed by atoms with Gasteiger partial charge in [-0.25, -0.2) is 9.97 Å². The van der Waals surface area contributed by atoms with Gasteiger partial charge < -0.3 is 10.6 Å². The Bertz CT molecular complexity index is 388. The van der Waals surface area contributed by atoms with Gasteiger partial charge in [-0.3, -0.25) is 0 Å². The Balaban J connectivity index is 2.12. The molecular weight excluding hydrogens is 256 g/mol. The third-order valence-corrected chi connectivity index (χ3v) is 4.85. The third kappa shape index (κ3) is 3.75. The predicted octanol–water partition coefficient (Wildman–Crippen LogP) is 3.17. The average Bonchev–Trinajstić information content (AvgIpc) is 2.47. The van der Waals surface area contributed by atoms with E-state index in [1.165, 1.54) is 25.7 Å². The average molecular weight is 280 g/mol. The Morgan fingerprint density at radius 3 is 2.68 bits per heavy atom. The van der Waals surface area contributed by atoms with E-state index >= 15 is 0 Å². The largest absolute Gasteiger partial charge is 0.373 e. The van der Waals surface area contributed by atoms with Crippen LogP contribution in [0.5, 0.6) is 0 Å². The fourth-order valence-corrected chi connectivity index (χ4v) is 3.53. The van der Waals surface area contributed by atoms with Gasteiger partial charge in [0.1, 0.15) is 17.5 Å². The maximum Gasteiger partial charge on any atom is 0.132 e. The van der Waals surface area contributed by atoms with Crippen LogP contribution in [0.4, 0.5) is 11.6 Å². The van der Waals surface area contributed by atoms with Crippen LogP contribution in [0.3, 0.4) is 0 Å². The molecule has 4 nitrogen and oxygen atoms in total. The summed E-state index contributed by atoms with van der Waals surface area (Å²) in [6.45, 7) is 2.09. The minimum absolute atomic E-state index is 0.535. The lowest BCUT2D eigenvalue weighted by Crippen LogP contribution is -2.34. The zero-order valence-corrected chi connectivity index (χ0v) is 12.9. The molecule has 19 heavy (non-hydrogen) atoms. The van der Waals surface area contributed by atoms with Gasteiger partial charge >= 0.3 is 0 Å². The molecule has 1 fully saturated rings. The summed E-state index contributed by atoms with van der Waals surface area (Å²) in [5.41, 5.74) is 0. The molecule has 1 heterocycles. The monoisotopic (exact) mass is 280 g/mol. The molecule has 2 rings (SSSR count). The number of aryl methyl sites for hydroxylation is 1. The number of aromatic nitrogens is 2. The van der Waals surface area contributed by atoms with Gasteiger partial charge in [0, 0.05) is 30.8 Å². The van der Waals surface area contributed by atoms with Crippen molar-refractivity contribution in [2.24, 2.45) is 0 Å². The number of nitrogens with zero attached hydrogens (tertiary/aromatic N) is 2. The Morgan fingerprint density at radius 1 is 1.26 bits per heavy atom. The second-order valence-corrected chi connectivity index (χ2v) is 6.04. The molecule has 2 N–H and O–H groups in total. The molecule has 1 aliphatic carbocycles. The topological polar surface area (TPSA) is 49.8 Å². The van der Waals surface area contributed by atoms with E-state index in [-0.39, 0.29) is 0 Å². The van der Waals surface area contributed by atoms with Crippen LogP contribution >= 0.6 is 11.8 Å². The third-order valence-electron chi connectivity index (χ3n) is 3.68. The van der Waals surface area contributed by atoms with Gasteiger partial charge in [0.2, 0.25) is 0 Å². The number of hydrogen-bond acceptors (Lipinski definition) is 5. The Labute approximate surface area is 120 Å². The van der Waals surface area contributed by atoms with Crippen molar-refractivity contribution in [2.45, 2.75) is 50.3 Å². The zero-order chi connectivity index (χ0) is 13.7. The van der Waals surface area contributed by atoms with Crippen molar-refractivity contribution in [1.29, 1.82) is 0 Å².